The molecule has 8 heteroatoms. The molecule has 144 valence electrons. The van der Waals surface area contributed by atoms with Crippen LogP contribution in [0.1, 0.15) is 18.4 Å². The van der Waals surface area contributed by atoms with Crippen LogP contribution in [0.3, 0.4) is 0 Å². The number of amides is 1. The van der Waals surface area contributed by atoms with Crippen LogP contribution in [0.5, 0.6) is 0 Å². The Kier molecular flexibility index (Phi) is 4.48. The number of rotatable bonds is 3. The van der Waals surface area contributed by atoms with E-state index in [1.165, 1.54) is 9.47 Å². The number of halogens is 2. The Morgan fingerprint density at radius 3 is 2.04 bits per heavy atom. The summed E-state index contributed by atoms with van der Waals surface area (Å²) in [5.41, 5.74) is 0.794. The Labute approximate surface area is 170 Å². The van der Waals surface area contributed by atoms with Gasteiger partial charge in [0, 0.05) is 15.7 Å². The summed E-state index contributed by atoms with van der Waals surface area (Å²) in [6.07, 6.45) is -0.522. The molecule has 28 heavy (non-hydrogen) atoms. The lowest BCUT2D eigenvalue weighted by Gasteiger charge is -2.30. The molecule has 1 fully saturated rings. The van der Waals surface area contributed by atoms with E-state index in [0.29, 0.717) is 32.9 Å². The van der Waals surface area contributed by atoms with Crippen LogP contribution < -0.4 is 10.7 Å². The fourth-order valence-electron chi connectivity index (χ4n) is 3.51. The summed E-state index contributed by atoms with van der Waals surface area (Å²) in [6, 6.07) is 13.7. The molecule has 0 N–H and O–H groups in total. The van der Waals surface area contributed by atoms with Gasteiger partial charge in [0.15, 0.2) is 5.76 Å². The Morgan fingerprint density at radius 2 is 1.46 bits per heavy atom. The van der Waals surface area contributed by atoms with Crippen LogP contribution in [-0.2, 0) is 10.3 Å². The van der Waals surface area contributed by atoms with Crippen LogP contribution in [-0.4, -0.2) is 17.3 Å². The monoisotopic (exact) mass is 418 g/mol. The van der Waals surface area contributed by atoms with Crippen LogP contribution in [0.15, 0.2) is 57.7 Å². The Balaban J connectivity index is 1.84. The number of hydrogen-bond acceptors (Lipinski definition) is 4. The first kappa shape index (κ1) is 18.7. The molecular formula is C20H16Cl2N2O4. The van der Waals surface area contributed by atoms with Crippen LogP contribution in [0.4, 0.5) is 10.5 Å². The van der Waals surface area contributed by atoms with Gasteiger partial charge < -0.3 is 9.15 Å². The fourth-order valence-corrected chi connectivity index (χ4v) is 3.77. The zero-order valence-electron chi connectivity index (χ0n) is 15.1. The molecule has 0 spiro atoms. The summed E-state index contributed by atoms with van der Waals surface area (Å²) < 4.78 is 12.4. The number of anilines is 1. The van der Waals surface area contributed by atoms with Gasteiger partial charge in [-0.25, -0.2) is 14.2 Å². The van der Waals surface area contributed by atoms with Gasteiger partial charge in [0.25, 0.3) is 0 Å². The summed E-state index contributed by atoms with van der Waals surface area (Å²) in [7, 11) is 0. The standard InChI is InChI=1S/C20H16Cl2N2O4/c1-12-17(28-18(25)23(12)15-7-3-13(21)4-8-15)20(2)11-27-19(26)24(20)16-9-5-14(22)6-10-16/h3-10H,11H2,1-2H3. The van der Waals surface area contributed by atoms with Gasteiger partial charge in [-0.05, 0) is 62.4 Å². The number of oxazole rings is 1. The van der Waals surface area contributed by atoms with Crippen molar-refractivity contribution < 1.29 is 13.9 Å². The van der Waals surface area contributed by atoms with Crippen molar-refractivity contribution in [3.8, 4) is 5.69 Å². The van der Waals surface area contributed by atoms with Crippen molar-refractivity contribution >= 4 is 35.0 Å². The van der Waals surface area contributed by atoms with E-state index in [9.17, 15) is 9.59 Å². The van der Waals surface area contributed by atoms with E-state index < -0.39 is 17.4 Å². The third-order valence-corrected chi connectivity index (χ3v) is 5.35. The van der Waals surface area contributed by atoms with Crippen LogP contribution in [0, 0.1) is 6.92 Å². The van der Waals surface area contributed by atoms with E-state index >= 15 is 0 Å². The Morgan fingerprint density at radius 1 is 0.929 bits per heavy atom. The van der Waals surface area contributed by atoms with E-state index in [4.69, 9.17) is 32.4 Å². The number of cyclic esters (lactones) is 1. The van der Waals surface area contributed by atoms with Gasteiger partial charge in [-0.15, -0.1) is 0 Å². The molecule has 4 rings (SSSR count). The maximum atomic E-state index is 12.6. The van der Waals surface area contributed by atoms with Crippen molar-refractivity contribution in [2.75, 3.05) is 11.5 Å². The van der Waals surface area contributed by atoms with E-state index in [1.807, 2.05) is 0 Å². The number of aromatic nitrogens is 1. The molecule has 0 radical (unpaired) electrons. The van der Waals surface area contributed by atoms with Crippen molar-refractivity contribution in [3.63, 3.8) is 0 Å². The number of carbonyl (C=O) groups is 1. The summed E-state index contributed by atoms with van der Waals surface area (Å²) in [5.74, 6) is -0.195. The zero-order chi connectivity index (χ0) is 20.1. The van der Waals surface area contributed by atoms with Gasteiger partial charge in [0.05, 0.1) is 11.4 Å². The summed E-state index contributed by atoms with van der Waals surface area (Å²) in [5, 5.41) is 1.11. The highest BCUT2D eigenvalue weighted by Crippen LogP contribution is 2.40. The normalized spacial score (nSPS) is 19.1. The van der Waals surface area contributed by atoms with Crippen molar-refractivity contribution in [2.45, 2.75) is 19.4 Å². The third-order valence-electron chi connectivity index (χ3n) is 4.85. The van der Waals surface area contributed by atoms with Crippen molar-refractivity contribution in [3.05, 3.63) is 80.6 Å². The number of benzene rings is 2. The molecule has 1 unspecified atom stereocenters. The lowest BCUT2D eigenvalue weighted by Crippen LogP contribution is -2.42. The first-order chi connectivity index (χ1) is 13.3. The maximum Gasteiger partial charge on any atom is 0.424 e. The highest BCUT2D eigenvalue weighted by atomic mass is 35.5. The predicted molar refractivity (Wildman–Crippen MR) is 107 cm³/mol. The van der Waals surface area contributed by atoms with Gasteiger partial charge >= 0.3 is 11.8 Å². The average molecular weight is 419 g/mol. The zero-order valence-corrected chi connectivity index (χ0v) is 16.6. The van der Waals surface area contributed by atoms with Gasteiger partial charge in [0.2, 0.25) is 0 Å². The molecule has 6 nitrogen and oxygen atoms in total. The molecular weight excluding hydrogens is 403 g/mol. The first-order valence-electron chi connectivity index (χ1n) is 8.53. The summed E-state index contributed by atoms with van der Waals surface area (Å²) >= 11 is 11.9. The lowest BCUT2D eigenvalue weighted by molar-refractivity contribution is 0.171. The molecule has 1 aromatic heterocycles. The van der Waals surface area contributed by atoms with Crippen LogP contribution >= 0.6 is 23.2 Å². The number of ether oxygens (including phenoxy) is 1. The molecule has 0 aliphatic carbocycles. The van der Waals surface area contributed by atoms with Gasteiger partial charge in [-0.3, -0.25) is 4.90 Å². The van der Waals surface area contributed by atoms with Crippen molar-refractivity contribution in [2.24, 2.45) is 0 Å². The second-order valence-electron chi connectivity index (χ2n) is 6.73. The molecule has 1 atom stereocenters. The molecule has 1 aliphatic heterocycles. The molecule has 1 saturated heterocycles. The predicted octanol–water partition coefficient (Wildman–Crippen LogP) is 4.92. The molecule has 2 heterocycles. The summed E-state index contributed by atoms with van der Waals surface area (Å²) in [4.78, 5) is 26.6. The Hall–Kier alpha value is -2.70. The van der Waals surface area contributed by atoms with Gasteiger partial charge in [-0.1, -0.05) is 23.2 Å². The molecule has 0 saturated carbocycles. The lowest BCUT2D eigenvalue weighted by atomic mass is 9.96. The second-order valence-corrected chi connectivity index (χ2v) is 7.61. The SMILES string of the molecule is Cc1c(C2(C)COC(=O)N2c2ccc(Cl)cc2)oc(=O)n1-c1ccc(Cl)cc1. The van der Waals surface area contributed by atoms with Crippen LogP contribution in [0.2, 0.25) is 10.0 Å². The van der Waals surface area contributed by atoms with Crippen molar-refractivity contribution in [1.29, 1.82) is 0 Å². The van der Waals surface area contributed by atoms with E-state index in [0.717, 1.165) is 0 Å². The fraction of sp³-hybridized carbons (Fsp3) is 0.200. The quantitative estimate of drug-likeness (QED) is 0.605. The number of hydrogen-bond donors (Lipinski definition) is 0. The number of nitrogens with zero attached hydrogens (tertiary/aromatic N) is 2. The minimum atomic E-state index is -0.994. The molecule has 1 amide bonds. The molecule has 3 aromatic rings. The van der Waals surface area contributed by atoms with Crippen molar-refractivity contribution in [1.82, 2.24) is 4.57 Å². The highest BCUT2D eigenvalue weighted by Gasteiger charge is 2.50. The van der Waals surface area contributed by atoms with E-state index in [2.05, 4.69) is 0 Å². The largest absolute Gasteiger partial charge is 0.446 e. The third kappa shape index (κ3) is 2.89. The minimum absolute atomic E-state index is 0.0445. The average Bonchev–Trinajstić information content (AvgIpc) is 3.14. The first-order valence-corrected chi connectivity index (χ1v) is 9.28. The minimum Gasteiger partial charge on any atom is -0.446 e. The molecule has 0 bridgehead atoms. The molecule has 2 aromatic carbocycles. The topological polar surface area (TPSA) is 64.7 Å². The van der Waals surface area contributed by atoms with E-state index in [1.54, 1.807) is 62.4 Å². The Bertz CT molecular complexity index is 1100. The van der Waals surface area contributed by atoms with Gasteiger partial charge in [0.1, 0.15) is 12.1 Å². The van der Waals surface area contributed by atoms with Gasteiger partial charge in [-0.2, -0.15) is 0 Å². The smallest absolute Gasteiger partial charge is 0.424 e. The second kappa shape index (κ2) is 6.72. The number of carbonyl (C=O) groups excluding carboxylic acids is 1. The summed E-state index contributed by atoms with van der Waals surface area (Å²) in [6.45, 7) is 3.61. The van der Waals surface area contributed by atoms with Crippen LogP contribution in [0.25, 0.3) is 5.69 Å². The maximum absolute atomic E-state index is 12.6. The molecule has 1 aliphatic rings. The van der Waals surface area contributed by atoms with E-state index in [-0.39, 0.29) is 6.61 Å². The highest BCUT2D eigenvalue weighted by molar-refractivity contribution is 6.30.